The number of hydrogen-bond acceptors (Lipinski definition) is 8. The van der Waals surface area contributed by atoms with Gasteiger partial charge in [-0.3, -0.25) is 0 Å². The Morgan fingerprint density at radius 3 is 1.94 bits per heavy atom. The van der Waals surface area contributed by atoms with Crippen molar-refractivity contribution in [3.8, 4) is 0 Å². The lowest BCUT2D eigenvalue weighted by atomic mass is 10.2. The van der Waals surface area contributed by atoms with Crippen LogP contribution in [0.1, 0.15) is 54.4 Å². The number of aliphatic hydroxyl groups is 2. The third-order valence-corrected chi connectivity index (χ3v) is 4.57. The molecule has 198 valence electrons. The molecule has 1 rings (SSSR count). The second-order valence-electron chi connectivity index (χ2n) is 10.5. The van der Waals surface area contributed by atoms with Crippen LogP contribution in [-0.2, 0) is 18.9 Å². The van der Waals surface area contributed by atoms with Gasteiger partial charge in [0.15, 0.2) is 0 Å². The molecule has 3 atom stereocenters. The van der Waals surface area contributed by atoms with E-state index in [0.29, 0.717) is 26.2 Å². The van der Waals surface area contributed by atoms with Gasteiger partial charge in [-0.2, -0.15) is 0 Å². The summed E-state index contributed by atoms with van der Waals surface area (Å²) in [6.45, 7) is 15.6. The van der Waals surface area contributed by atoms with Gasteiger partial charge in [-0.05, 0) is 54.4 Å². The maximum atomic E-state index is 12.7. The molecular formula is C24H44N2O8. The van der Waals surface area contributed by atoms with Crippen molar-refractivity contribution in [3.05, 3.63) is 12.7 Å². The monoisotopic (exact) mass is 488 g/mol. The Balaban J connectivity index is 2.78. The molecule has 1 fully saturated rings. The summed E-state index contributed by atoms with van der Waals surface area (Å²) in [6, 6.07) is 0. The SMILES string of the molecule is C=CCOCC(O)CCN(CC(O)CN(CCC1CO1)C(=O)OC(C)(C)C)C(=O)OC(C)(C)C. The lowest BCUT2D eigenvalue weighted by Gasteiger charge is -2.32. The van der Waals surface area contributed by atoms with Crippen molar-refractivity contribution in [1.82, 2.24) is 9.80 Å². The van der Waals surface area contributed by atoms with Crippen LogP contribution in [0.25, 0.3) is 0 Å². The van der Waals surface area contributed by atoms with Crippen molar-refractivity contribution in [2.45, 2.75) is 83.9 Å². The maximum Gasteiger partial charge on any atom is 0.410 e. The summed E-state index contributed by atoms with van der Waals surface area (Å²) in [5.41, 5.74) is -1.40. The van der Waals surface area contributed by atoms with E-state index in [-0.39, 0.29) is 38.8 Å². The number of epoxide rings is 1. The van der Waals surface area contributed by atoms with Crippen LogP contribution in [0.2, 0.25) is 0 Å². The smallest absolute Gasteiger partial charge is 0.410 e. The predicted octanol–water partition coefficient (Wildman–Crippen LogP) is 2.56. The van der Waals surface area contributed by atoms with Crippen molar-refractivity contribution in [2.24, 2.45) is 0 Å². The van der Waals surface area contributed by atoms with Crippen LogP contribution in [0.15, 0.2) is 12.7 Å². The van der Waals surface area contributed by atoms with E-state index < -0.39 is 35.6 Å². The van der Waals surface area contributed by atoms with Gasteiger partial charge in [0.2, 0.25) is 0 Å². The Bertz CT molecular complexity index is 640. The number of ether oxygens (including phenoxy) is 4. The summed E-state index contributed by atoms with van der Waals surface area (Å²) in [7, 11) is 0. The van der Waals surface area contributed by atoms with Crippen LogP contribution in [-0.4, -0.2) is 108 Å². The lowest BCUT2D eigenvalue weighted by molar-refractivity contribution is -0.00432. The molecule has 0 spiro atoms. The number of aliphatic hydroxyl groups excluding tert-OH is 2. The summed E-state index contributed by atoms with van der Waals surface area (Å²) in [5.74, 6) is 0. The van der Waals surface area contributed by atoms with E-state index in [1.807, 2.05) is 0 Å². The number of rotatable bonds is 14. The summed E-state index contributed by atoms with van der Waals surface area (Å²) in [6.07, 6.45) is -0.414. The van der Waals surface area contributed by atoms with Gasteiger partial charge in [-0.15, -0.1) is 6.58 Å². The number of amides is 2. The van der Waals surface area contributed by atoms with E-state index in [1.165, 1.54) is 9.80 Å². The predicted molar refractivity (Wildman–Crippen MR) is 128 cm³/mol. The van der Waals surface area contributed by atoms with Crippen molar-refractivity contribution in [2.75, 3.05) is 46.0 Å². The lowest BCUT2D eigenvalue weighted by Crippen LogP contribution is -2.47. The van der Waals surface area contributed by atoms with Crippen molar-refractivity contribution in [3.63, 3.8) is 0 Å². The largest absolute Gasteiger partial charge is 0.444 e. The molecule has 0 aliphatic carbocycles. The minimum Gasteiger partial charge on any atom is -0.444 e. The minimum atomic E-state index is -1.05. The molecule has 2 N–H and O–H groups in total. The normalized spacial score (nSPS) is 17.5. The zero-order valence-electron chi connectivity index (χ0n) is 21.6. The topological polar surface area (TPSA) is 121 Å². The van der Waals surface area contributed by atoms with Crippen LogP contribution < -0.4 is 0 Å². The first-order chi connectivity index (χ1) is 15.7. The van der Waals surface area contributed by atoms with E-state index >= 15 is 0 Å². The highest BCUT2D eigenvalue weighted by Gasteiger charge is 2.30. The zero-order chi connectivity index (χ0) is 25.9. The number of carbonyl (C=O) groups excluding carboxylic acids is 2. The molecule has 1 aliphatic rings. The Labute approximate surface area is 203 Å². The van der Waals surface area contributed by atoms with Gasteiger partial charge in [0.25, 0.3) is 0 Å². The highest BCUT2D eigenvalue weighted by Crippen LogP contribution is 2.17. The summed E-state index contributed by atoms with van der Waals surface area (Å²) < 4.78 is 21.4. The average molecular weight is 489 g/mol. The van der Waals surface area contributed by atoms with Gasteiger partial charge in [0.1, 0.15) is 11.2 Å². The van der Waals surface area contributed by atoms with Crippen molar-refractivity contribution < 1.29 is 38.7 Å². The second kappa shape index (κ2) is 13.9. The second-order valence-corrected chi connectivity index (χ2v) is 10.5. The van der Waals surface area contributed by atoms with Crippen LogP contribution >= 0.6 is 0 Å². The first kappa shape index (κ1) is 30.2. The molecule has 1 heterocycles. The quantitative estimate of drug-likeness (QED) is 0.217. The van der Waals surface area contributed by atoms with Crippen molar-refractivity contribution in [1.29, 1.82) is 0 Å². The number of nitrogens with zero attached hydrogens (tertiary/aromatic N) is 2. The highest BCUT2D eigenvalue weighted by atomic mass is 16.6. The average Bonchev–Trinajstić information content (AvgIpc) is 3.50. The third-order valence-electron chi connectivity index (χ3n) is 4.57. The van der Waals surface area contributed by atoms with E-state index in [1.54, 1.807) is 47.6 Å². The number of hydrogen-bond donors (Lipinski definition) is 2. The molecule has 1 aliphatic heterocycles. The van der Waals surface area contributed by atoms with Gasteiger partial charge in [0, 0.05) is 13.1 Å². The van der Waals surface area contributed by atoms with Gasteiger partial charge in [0.05, 0.1) is 51.2 Å². The molecule has 0 saturated carbocycles. The Kier molecular flexibility index (Phi) is 12.3. The standard InChI is InChI=1S/C24H44N2O8/c1-8-13-31-16-18(27)9-11-25(21(29)33-23(2,3)4)14-19(28)15-26(12-10-20-17-32-20)22(30)34-24(5,6)7/h8,18-20,27-28H,1,9-17H2,2-7H3. The maximum absolute atomic E-state index is 12.7. The fraction of sp³-hybridized carbons (Fsp3) is 0.833. The minimum absolute atomic E-state index is 0.0219. The third kappa shape index (κ3) is 14.4. The molecule has 0 bridgehead atoms. The fourth-order valence-corrected chi connectivity index (χ4v) is 2.94. The molecule has 0 aromatic carbocycles. The van der Waals surface area contributed by atoms with E-state index in [2.05, 4.69) is 6.58 Å². The van der Waals surface area contributed by atoms with Gasteiger partial charge < -0.3 is 39.0 Å². The van der Waals surface area contributed by atoms with E-state index in [9.17, 15) is 19.8 Å². The van der Waals surface area contributed by atoms with Crippen LogP contribution in [0.5, 0.6) is 0 Å². The van der Waals surface area contributed by atoms with Gasteiger partial charge >= 0.3 is 12.2 Å². The molecule has 0 aromatic heterocycles. The van der Waals surface area contributed by atoms with Crippen LogP contribution in [0, 0.1) is 0 Å². The van der Waals surface area contributed by atoms with Gasteiger partial charge in [-0.1, -0.05) is 6.08 Å². The fourth-order valence-electron chi connectivity index (χ4n) is 2.94. The molecule has 0 aromatic rings. The first-order valence-electron chi connectivity index (χ1n) is 11.8. The molecule has 34 heavy (non-hydrogen) atoms. The Morgan fingerprint density at radius 2 is 1.50 bits per heavy atom. The summed E-state index contributed by atoms with van der Waals surface area (Å²) in [5, 5.41) is 20.9. The first-order valence-corrected chi connectivity index (χ1v) is 11.8. The Morgan fingerprint density at radius 1 is 1.00 bits per heavy atom. The zero-order valence-corrected chi connectivity index (χ0v) is 21.6. The van der Waals surface area contributed by atoms with E-state index in [0.717, 1.165) is 0 Å². The number of carbonyl (C=O) groups is 2. The molecule has 0 radical (unpaired) electrons. The van der Waals surface area contributed by atoms with Crippen LogP contribution in [0.3, 0.4) is 0 Å². The molecule has 1 saturated heterocycles. The van der Waals surface area contributed by atoms with Gasteiger partial charge in [-0.25, -0.2) is 9.59 Å². The molecule has 10 nitrogen and oxygen atoms in total. The van der Waals surface area contributed by atoms with Crippen molar-refractivity contribution >= 4 is 12.2 Å². The van der Waals surface area contributed by atoms with E-state index in [4.69, 9.17) is 18.9 Å². The molecule has 10 heteroatoms. The summed E-state index contributed by atoms with van der Waals surface area (Å²) >= 11 is 0. The summed E-state index contributed by atoms with van der Waals surface area (Å²) in [4.78, 5) is 28.2. The highest BCUT2D eigenvalue weighted by molar-refractivity contribution is 5.69. The van der Waals surface area contributed by atoms with Crippen LogP contribution in [0.4, 0.5) is 9.59 Å². The molecule has 3 unspecified atom stereocenters. The molecule has 2 amide bonds. The Hall–Kier alpha value is -1.88. The molecular weight excluding hydrogens is 444 g/mol.